The van der Waals surface area contributed by atoms with Crippen LogP contribution in [-0.2, 0) is 11.3 Å². The fourth-order valence-electron chi connectivity index (χ4n) is 1.14. The molecule has 1 heterocycles. The van der Waals surface area contributed by atoms with E-state index in [2.05, 4.69) is 27.2 Å². The molecule has 3 nitrogen and oxygen atoms in total. The van der Waals surface area contributed by atoms with Crippen molar-refractivity contribution >= 4 is 33.2 Å². The number of likely N-dealkylation sites (N-methyl/N-ethyl adjacent to an activating group) is 1. The third kappa shape index (κ3) is 4.35. The van der Waals surface area contributed by atoms with Crippen LogP contribution >= 0.6 is 27.3 Å². The highest BCUT2D eigenvalue weighted by atomic mass is 79.9. The van der Waals surface area contributed by atoms with Crippen molar-refractivity contribution in [3.05, 3.63) is 20.8 Å². The molecule has 1 rings (SSSR count). The molecule has 0 aromatic carbocycles. The lowest BCUT2D eigenvalue weighted by Gasteiger charge is -2.16. The topological polar surface area (TPSA) is 32.3 Å². The molecule has 0 aliphatic heterocycles. The van der Waals surface area contributed by atoms with E-state index in [9.17, 15) is 4.79 Å². The van der Waals surface area contributed by atoms with Gasteiger partial charge in [0.2, 0.25) is 5.91 Å². The van der Waals surface area contributed by atoms with Gasteiger partial charge in [0, 0.05) is 21.8 Å². The lowest BCUT2D eigenvalue weighted by Crippen LogP contribution is -2.35. The molecule has 0 spiro atoms. The molecule has 0 fully saturated rings. The molecule has 16 heavy (non-hydrogen) atoms. The van der Waals surface area contributed by atoms with E-state index in [4.69, 9.17) is 6.42 Å². The second kappa shape index (κ2) is 6.69. The molecule has 0 aliphatic rings. The number of rotatable bonds is 5. The van der Waals surface area contributed by atoms with Gasteiger partial charge in [0.1, 0.15) is 0 Å². The van der Waals surface area contributed by atoms with Crippen LogP contribution in [0.5, 0.6) is 0 Å². The molecule has 0 aliphatic carbocycles. The van der Waals surface area contributed by atoms with Gasteiger partial charge in [-0.15, -0.1) is 17.8 Å². The molecule has 86 valence electrons. The van der Waals surface area contributed by atoms with Crippen molar-refractivity contribution in [3.63, 3.8) is 0 Å². The largest absolute Gasteiger partial charge is 0.340 e. The van der Waals surface area contributed by atoms with Crippen molar-refractivity contribution < 1.29 is 4.79 Å². The van der Waals surface area contributed by atoms with E-state index in [0.29, 0.717) is 13.1 Å². The fraction of sp³-hybridized carbons (Fsp3) is 0.364. The van der Waals surface area contributed by atoms with Crippen molar-refractivity contribution in [2.45, 2.75) is 6.54 Å². The van der Waals surface area contributed by atoms with E-state index >= 15 is 0 Å². The highest BCUT2D eigenvalue weighted by Gasteiger charge is 2.09. The maximum atomic E-state index is 11.6. The minimum absolute atomic E-state index is 0.0415. The van der Waals surface area contributed by atoms with Crippen LogP contribution in [-0.4, -0.2) is 30.9 Å². The van der Waals surface area contributed by atoms with E-state index in [1.165, 1.54) is 0 Å². The summed E-state index contributed by atoms with van der Waals surface area (Å²) in [6.07, 6.45) is 5.08. The van der Waals surface area contributed by atoms with E-state index in [0.717, 1.165) is 9.35 Å². The lowest BCUT2D eigenvalue weighted by molar-refractivity contribution is -0.129. The van der Waals surface area contributed by atoms with Crippen LogP contribution in [0.3, 0.4) is 0 Å². The maximum Gasteiger partial charge on any atom is 0.236 e. The van der Waals surface area contributed by atoms with Gasteiger partial charge in [0.05, 0.1) is 19.6 Å². The molecule has 0 saturated heterocycles. The number of terminal acetylenes is 1. The molecule has 1 aromatic heterocycles. The highest BCUT2D eigenvalue weighted by Crippen LogP contribution is 2.20. The Morgan fingerprint density at radius 1 is 1.75 bits per heavy atom. The first kappa shape index (κ1) is 13.2. The Balaban J connectivity index is 2.37. The monoisotopic (exact) mass is 300 g/mol. The van der Waals surface area contributed by atoms with Gasteiger partial charge < -0.3 is 4.90 Å². The molecule has 0 unspecified atom stereocenters. The summed E-state index contributed by atoms with van der Waals surface area (Å²) in [7, 11) is 1.79. The number of amides is 1. The third-order valence-electron chi connectivity index (χ3n) is 1.94. The Hall–Kier alpha value is -0.830. The van der Waals surface area contributed by atoms with Crippen LogP contribution in [0.4, 0.5) is 0 Å². The first-order chi connectivity index (χ1) is 7.63. The SMILES string of the molecule is C#CCNCC(=O)N(C)Cc1cc(Br)cs1. The summed E-state index contributed by atoms with van der Waals surface area (Å²) in [5.74, 6) is 2.47. The molecule has 1 amide bonds. The molecule has 5 heteroatoms. The number of hydrogen-bond acceptors (Lipinski definition) is 3. The summed E-state index contributed by atoms with van der Waals surface area (Å²) in [6.45, 7) is 1.34. The van der Waals surface area contributed by atoms with Crippen molar-refractivity contribution in [2.24, 2.45) is 0 Å². The number of nitrogens with one attached hydrogen (secondary N) is 1. The Bertz CT molecular complexity index is 397. The van der Waals surface area contributed by atoms with Crippen molar-refractivity contribution in [3.8, 4) is 12.3 Å². The van der Waals surface area contributed by atoms with Crippen molar-refractivity contribution in [1.29, 1.82) is 0 Å². The molecule has 0 saturated carbocycles. The Kier molecular flexibility index (Phi) is 5.53. The fourth-order valence-corrected chi connectivity index (χ4v) is 2.64. The quantitative estimate of drug-likeness (QED) is 0.663. The van der Waals surface area contributed by atoms with Gasteiger partial charge in [-0.25, -0.2) is 0 Å². The number of halogens is 1. The smallest absolute Gasteiger partial charge is 0.236 e. The average molecular weight is 301 g/mol. The minimum Gasteiger partial charge on any atom is -0.340 e. The highest BCUT2D eigenvalue weighted by molar-refractivity contribution is 9.10. The molecule has 0 radical (unpaired) electrons. The van der Waals surface area contributed by atoms with Gasteiger partial charge in [-0.1, -0.05) is 5.92 Å². The molecule has 0 bridgehead atoms. The van der Waals surface area contributed by atoms with Gasteiger partial charge in [-0.05, 0) is 22.0 Å². The van der Waals surface area contributed by atoms with E-state index < -0.39 is 0 Å². The van der Waals surface area contributed by atoms with Crippen LogP contribution in [0.1, 0.15) is 4.88 Å². The van der Waals surface area contributed by atoms with Gasteiger partial charge in [0.15, 0.2) is 0 Å². The zero-order chi connectivity index (χ0) is 12.0. The van der Waals surface area contributed by atoms with Crippen LogP contribution in [0.25, 0.3) is 0 Å². The molecular formula is C11H13BrN2OS. The van der Waals surface area contributed by atoms with Gasteiger partial charge in [0.25, 0.3) is 0 Å². The Morgan fingerprint density at radius 3 is 3.06 bits per heavy atom. The zero-order valence-electron chi connectivity index (χ0n) is 9.00. The third-order valence-corrected chi connectivity index (χ3v) is 3.63. The van der Waals surface area contributed by atoms with Crippen LogP contribution in [0.15, 0.2) is 15.9 Å². The van der Waals surface area contributed by atoms with Crippen LogP contribution in [0, 0.1) is 12.3 Å². The second-order valence-electron chi connectivity index (χ2n) is 3.29. The molecular weight excluding hydrogens is 288 g/mol. The summed E-state index contributed by atoms with van der Waals surface area (Å²) in [5.41, 5.74) is 0. The van der Waals surface area contributed by atoms with Gasteiger partial charge in [-0.3, -0.25) is 10.1 Å². The number of carbonyl (C=O) groups excluding carboxylic acids is 1. The summed E-state index contributed by atoms with van der Waals surface area (Å²) in [5, 5.41) is 4.88. The number of thiophene rings is 1. The zero-order valence-corrected chi connectivity index (χ0v) is 11.4. The standard InChI is InChI=1S/C11H13BrN2OS/c1-3-4-13-6-11(15)14(2)7-10-5-9(12)8-16-10/h1,5,8,13H,4,6-7H2,2H3. The first-order valence-corrected chi connectivity index (χ1v) is 6.42. The van der Waals surface area contributed by atoms with Gasteiger partial charge in [-0.2, -0.15) is 0 Å². The summed E-state index contributed by atoms with van der Waals surface area (Å²) in [4.78, 5) is 14.5. The van der Waals surface area contributed by atoms with E-state index in [-0.39, 0.29) is 12.5 Å². The summed E-state index contributed by atoms with van der Waals surface area (Å²) in [6, 6.07) is 2.02. The number of hydrogen-bond donors (Lipinski definition) is 1. The summed E-state index contributed by atoms with van der Waals surface area (Å²) >= 11 is 5.01. The van der Waals surface area contributed by atoms with Crippen LogP contribution in [0.2, 0.25) is 0 Å². The number of nitrogens with zero attached hydrogens (tertiary/aromatic N) is 1. The Morgan fingerprint density at radius 2 is 2.50 bits per heavy atom. The van der Waals surface area contributed by atoms with Crippen molar-refractivity contribution in [2.75, 3.05) is 20.1 Å². The molecule has 1 N–H and O–H groups in total. The van der Waals surface area contributed by atoms with Crippen molar-refractivity contribution in [1.82, 2.24) is 10.2 Å². The predicted molar refractivity (Wildman–Crippen MR) is 70.2 cm³/mol. The predicted octanol–water partition coefficient (Wildman–Crippen LogP) is 1.69. The first-order valence-electron chi connectivity index (χ1n) is 4.74. The van der Waals surface area contributed by atoms with E-state index in [1.807, 2.05) is 11.4 Å². The van der Waals surface area contributed by atoms with E-state index in [1.54, 1.807) is 23.3 Å². The second-order valence-corrected chi connectivity index (χ2v) is 5.20. The maximum absolute atomic E-state index is 11.6. The van der Waals surface area contributed by atoms with Gasteiger partial charge >= 0.3 is 0 Å². The summed E-state index contributed by atoms with van der Waals surface area (Å²) < 4.78 is 1.05. The normalized spacial score (nSPS) is 9.81. The lowest BCUT2D eigenvalue weighted by atomic mass is 10.4. The minimum atomic E-state index is 0.0415. The molecule has 0 atom stereocenters. The average Bonchev–Trinajstić information content (AvgIpc) is 2.64. The van der Waals surface area contributed by atoms with Crippen LogP contribution < -0.4 is 5.32 Å². The Labute approximate surface area is 108 Å². The molecule has 1 aromatic rings. The number of carbonyl (C=O) groups is 1.